The molecule has 8 nitrogen and oxygen atoms in total. The number of urea groups is 1. The van der Waals surface area contributed by atoms with Crippen LogP contribution in [0.15, 0.2) is 47.4 Å². The molecule has 0 aromatic heterocycles. The monoisotopic (exact) mass is 541 g/mol. The molecule has 2 saturated heterocycles. The molecule has 0 aliphatic carbocycles. The first-order valence-corrected chi connectivity index (χ1v) is 13.8. The molecule has 2 aliphatic heterocycles. The molecule has 0 radical (unpaired) electrons. The number of halogens is 2. The predicted octanol–water partition coefficient (Wildman–Crippen LogP) is 4.41. The Kier molecular flexibility index (Phi) is 8.31. The molecule has 0 spiro atoms. The Bertz CT molecular complexity index is 1150. The Morgan fingerprint density at radius 3 is 2.31 bits per heavy atom. The molecule has 4 rings (SSSR count). The summed E-state index contributed by atoms with van der Waals surface area (Å²) in [6.45, 7) is 2.81. The number of methoxy groups -OCH3 is 1. The summed E-state index contributed by atoms with van der Waals surface area (Å²) in [7, 11) is -2.64. The van der Waals surface area contributed by atoms with Crippen LogP contribution in [0, 0.1) is 0 Å². The Hall–Kier alpha value is -2.20. The first-order chi connectivity index (χ1) is 16.8. The molecule has 190 valence electrons. The standard InChI is InChI=1S/C24H29Cl2N3O5S/c1-33-22-4-2-3-5-23(22)35(31,32)27-24(30)29-12-8-17(9-13-29)28-14-10-18(11-15-28)34-19-6-7-20(25)21(26)16-19/h2-7,16-18H,8-15H2,1H3,(H,27,30). The number of sulfonamides is 1. The largest absolute Gasteiger partial charge is 0.495 e. The lowest BCUT2D eigenvalue weighted by Gasteiger charge is -2.41. The van der Waals surface area contributed by atoms with Gasteiger partial charge in [0.2, 0.25) is 0 Å². The van der Waals surface area contributed by atoms with Crippen molar-refractivity contribution in [3.63, 3.8) is 0 Å². The van der Waals surface area contributed by atoms with E-state index in [9.17, 15) is 13.2 Å². The maximum Gasteiger partial charge on any atom is 0.331 e. The second kappa shape index (κ2) is 11.2. The molecule has 0 unspecified atom stereocenters. The van der Waals surface area contributed by atoms with Gasteiger partial charge in [-0.1, -0.05) is 35.3 Å². The summed E-state index contributed by atoms with van der Waals surface area (Å²) in [4.78, 5) is 16.6. The van der Waals surface area contributed by atoms with Crippen LogP contribution in [0.5, 0.6) is 11.5 Å². The van der Waals surface area contributed by atoms with Gasteiger partial charge in [0.25, 0.3) is 10.0 Å². The van der Waals surface area contributed by atoms with E-state index in [2.05, 4.69) is 9.62 Å². The number of nitrogens with one attached hydrogen (secondary N) is 1. The smallest absolute Gasteiger partial charge is 0.331 e. The van der Waals surface area contributed by atoms with Gasteiger partial charge in [0.1, 0.15) is 22.5 Å². The lowest BCUT2D eigenvalue weighted by atomic mass is 9.99. The van der Waals surface area contributed by atoms with Crippen molar-refractivity contribution in [3.8, 4) is 11.5 Å². The van der Waals surface area contributed by atoms with Crippen LogP contribution in [0.3, 0.4) is 0 Å². The highest BCUT2D eigenvalue weighted by Gasteiger charge is 2.32. The van der Waals surface area contributed by atoms with Crippen molar-refractivity contribution >= 4 is 39.3 Å². The fourth-order valence-electron chi connectivity index (χ4n) is 4.61. The lowest BCUT2D eigenvalue weighted by molar-refractivity contribution is 0.0540. The highest BCUT2D eigenvalue weighted by molar-refractivity contribution is 7.90. The number of para-hydroxylation sites is 1. The van der Waals surface area contributed by atoms with Gasteiger partial charge in [-0.3, -0.25) is 4.90 Å². The molecule has 0 bridgehead atoms. The minimum atomic E-state index is -4.03. The third kappa shape index (κ3) is 6.33. The number of piperidine rings is 2. The summed E-state index contributed by atoms with van der Waals surface area (Å²) in [5.74, 6) is 0.915. The second-order valence-corrected chi connectivity index (χ2v) is 11.2. The number of carbonyl (C=O) groups is 1. The molecule has 0 atom stereocenters. The zero-order valence-corrected chi connectivity index (χ0v) is 21.8. The molecule has 0 saturated carbocycles. The number of amides is 2. The number of nitrogens with zero attached hydrogens (tertiary/aromatic N) is 2. The van der Waals surface area contributed by atoms with Crippen molar-refractivity contribution in [1.82, 2.24) is 14.5 Å². The van der Waals surface area contributed by atoms with E-state index in [0.29, 0.717) is 29.2 Å². The molecule has 2 aliphatic rings. The minimum absolute atomic E-state index is 0.0586. The van der Waals surface area contributed by atoms with Gasteiger partial charge in [-0.25, -0.2) is 17.9 Å². The van der Waals surface area contributed by atoms with Crippen LogP contribution >= 0.6 is 23.2 Å². The molecule has 1 N–H and O–H groups in total. The van der Waals surface area contributed by atoms with Crippen molar-refractivity contribution in [2.75, 3.05) is 33.3 Å². The molecule has 2 amide bonds. The van der Waals surface area contributed by atoms with Crippen LogP contribution < -0.4 is 14.2 Å². The lowest BCUT2D eigenvalue weighted by Crippen LogP contribution is -2.52. The van der Waals surface area contributed by atoms with E-state index in [4.69, 9.17) is 32.7 Å². The molecular weight excluding hydrogens is 513 g/mol. The molecular formula is C24H29Cl2N3O5S. The SMILES string of the molecule is COc1ccccc1S(=O)(=O)NC(=O)N1CCC(N2CCC(Oc3ccc(Cl)c(Cl)c3)CC2)CC1. The van der Waals surface area contributed by atoms with E-state index in [-0.39, 0.29) is 16.7 Å². The number of carbonyl (C=O) groups excluding carboxylic acids is 1. The number of likely N-dealkylation sites (tertiary alicyclic amines) is 2. The first-order valence-electron chi connectivity index (χ1n) is 11.6. The molecule has 2 aromatic rings. The maximum atomic E-state index is 12.7. The number of hydrogen-bond donors (Lipinski definition) is 1. The van der Waals surface area contributed by atoms with E-state index in [1.807, 2.05) is 6.07 Å². The first kappa shape index (κ1) is 25.9. The van der Waals surface area contributed by atoms with E-state index >= 15 is 0 Å². The van der Waals surface area contributed by atoms with Gasteiger partial charge in [0.15, 0.2) is 0 Å². The Balaban J connectivity index is 1.24. The van der Waals surface area contributed by atoms with E-state index in [1.54, 1.807) is 35.2 Å². The van der Waals surface area contributed by atoms with Crippen LogP contribution in [0.25, 0.3) is 0 Å². The molecule has 2 fully saturated rings. The van der Waals surface area contributed by atoms with Crippen LogP contribution in [0.4, 0.5) is 4.79 Å². The summed E-state index contributed by atoms with van der Waals surface area (Å²) in [5.41, 5.74) is 0. The third-order valence-electron chi connectivity index (χ3n) is 6.52. The molecule has 2 heterocycles. The number of rotatable bonds is 6. The van der Waals surface area contributed by atoms with E-state index in [0.717, 1.165) is 44.5 Å². The fraction of sp³-hybridized carbons (Fsp3) is 0.458. The zero-order valence-electron chi connectivity index (χ0n) is 19.5. The highest BCUT2D eigenvalue weighted by Crippen LogP contribution is 2.29. The van der Waals surface area contributed by atoms with Crippen LogP contribution in [-0.2, 0) is 10.0 Å². The molecule has 35 heavy (non-hydrogen) atoms. The van der Waals surface area contributed by atoms with E-state index in [1.165, 1.54) is 13.2 Å². The van der Waals surface area contributed by atoms with E-state index < -0.39 is 16.1 Å². The van der Waals surface area contributed by atoms with Gasteiger partial charge >= 0.3 is 6.03 Å². The van der Waals surface area contributed by atoms with Crippen molar-refractivity contribution in [3.05, 3.63) is 52.5 Å². The summed E-state index contributed by atoms with van der Waals surface area (Å²) in [6.07, 6.45) is 3.51. The van der Waals surface area contributed by atoms with Crippen LogP contribution in [0.1, 0.15) is 25.7 Å². The van der Waals surface area contributed by atoms with Gasteiger partial charge in [-0.15, -0.1) is 0 Å². The summed E-state index contributed by atoms with van der Waals surface area (Å²) in [5, 5.41) is 0.986. The van der Waals surface area contributed by atoms with Gasteiger partial charge < -0.3 is 14.4 Å². The summed E-state index contributed by atoms with van der Waals surface area (Å²) in [6, 6.07) is 11.3. The third-order valence-corrected chi connectivity index (χ3v) is 8.62. The number of ether oxygens (including phenoxy) is 2. The second-order valence-electron chi connectivity index (χ2n) is 8.71. The Morgan fingerprint density at radius 2 is 1.66 bits per heavy atom. The van der Waals surface area contributed by atoms with Crippen molar-refractivity contribution < 1.29 is 22.7 Å². The van der Waals surface area contributed by atoms with Crippen molar-refractivity contribution in [1.29, 1.82) is 0 Å². The summed E-state index contributed by atoms with van der Waals surface area (Å²) < 4.78 is 38.8. The fourth-order valence-corrected chi connectivity index (χ4v) is 6.04. The van der Waals surface area contributed by atoms with Gasteiger partial charge in [-0.2, -0.15) is 0 Å². The average Bonchev–Trinajstić information content (AvgIpc) is 2.86. The normalized spacial score (nSPS) is 18.3. The maximum absolute atomic E-state index is 12.7. The minimum Gasteiger partial charge on any atom is -0.495 e. The summed E-state index contributed by atoms with van der Waals surface area (Å²) >= 11 is 12.1. The topological polar surface area (TPSA) is 88.2 Å². The Morgan fingerprint density at radius 1 is 0.971 bits per heavy atom. The number of hydrogen-bond acceptors (Lipinski definition) is 6. The van der Waals surface area contributed by atoms with Gasteiger partial charge in [0.05, 0.1) is 17.2 Å². The molecule has 11 heteroatoms. The Labute approximate surface area is 216 Å². The highest BCUT2D eigenvalue weighted by atomic mass is 35.5. The van der Waals surface area contributed by atoms with Crippen molar-refractivity contribution in [2.45, 2.75) is 42.7 Å². The average molecular weight is 542 g/mol. The quantitative estimate of drug-likeness (QED) is 0.582. The van der Waals surface area contributed by atoms with Gasteiger partial charge in [-0.05, 0) is 49.9 Å². The predicted molar refractivity (Wildman–Crippen MR) is 135 cm³/mol. The van der Waals surface area contributed by atoms with Crippen molar-refractivity contribution in [2.24, 2.45) is 0 Å². The van der Waals surface area contributed by atoms with Gasteiger partial charge in [0, 0.05) is 38.3 Å². The van der Waals surface area contributed by atoms with Crippen LogP contribution in [-0.4, -0.2) is 69.7 Å². The number of benzene rings is 2. The van der Waals surface area contributed by atoms with Crippen LogP contribution in [0.2, 0.25) is 10.0 Å². The zero-order chi connectivity index (χ0) is 25.0. The molecule has 2 aromatic carbocycles.